The maximum absolute atomic E-state index is 5.61. The zero-order valence-corrected chi connectivity index (χ0v) is 14.5. The van der Waals surface area contributed by atoms with Crippen molar-refractivity contribution in [1.82, 2.24) is 14.9 Å². The Bertz CT molecular complexity index is 773. The van der Waals surface area contributed by atoms with Crippen molar-refractivity contribution in [2.24, 2.45) is 0 Å². The topological polar surface area (TPSA) is 50.4 Å². The number of H-pyrrole nitrogens is 1. The first-order valence-electron chi connectivity index (χ1n) is 7.62. The van der Waals surface area contributed by atoms with Gasteiger partial charge in [0, 0.05) is 54.6 Å². The molecule has 3 rings (SSSR count). The quantitative estimate of drug-likeness (QED) is 0.873. The number of nitrogens with one attached hydrogen (secondary N) is 1. The molecule has 0 fully saturated rings. The average molecular weight is 331 g/mol. The number of benzene rings is 1. The number of fused-ring (bicyclic) bond motifs is 1. The summed E-state index contributed by atoms with van der Waals surface area (Å²) in [6.45, 7) is 4.71. The summed E-state index contributed by atoms with van der Waals surface area (Å²) >= 11 is 5.09. The van der Waals surface area contributed by atoms with E-state index < -0.39 is 0 Å². The van der Waals surface area contributed by atoms with Gasteiger partial charge in [-0.15, -0.1) is 0 Å². The first kappa shape index (κ1) is 16.0. The number of rotatable bonds is 4. The second kappa shape index (κ2) is 6.68. The third-order valence-corrected chi connectivity index (χ3v) is 4.52. The molecule has 0 amide bonds. The molecule has 122 valence electrons. The summed E-state index contributed by atoms with van der Waals surface area (Å²) < 4.78 is 11.5. The van der Waals surface area contributed by atoms with Gasteiger partial charge in [0.25, 0.3) is 0 Å². The number of nitrogens with zero attached hydrogens (tertiary/aromatic N) is 2. The van der Waals surface area contributed by atoms with Gasteiger partial charge in [-0.1, -0.05) is 6.07 Å². The SMILES string of the molecule is COc1ccc(CN2CCc3[nH]c(=S)ncc3C2)c(OC)c1C. The third-order valence-electron chi connectivity index (χ3n) is 4.31. The number of ether oxygens (including phenoxy) is 2. The Balaban J connectivity index is 1.82. The molecule has 0 bridgehead atoms. The summed E-state index contributed by atoms with van der Waals surface area (Å²) in [4.78, 5) is 9.78. The van der Waals surface area contributed by atoms with Gasteiger partial charge in [0.1, 0.15) is 11.5 Å². The van der Waals surface area contributed by atoms with E-state index in [1.165, 1.54) is 16.8 Å². The van der Waals surface area contributed by atoms with E-state index in [0.717, 1.165) is 43.1 Å². The van der Waals surface area contributed by atoms with Crippen LogP contribution in [0.1, 0.15) is 22.4 Å². The zero-order chi connectivity index (χ0) is 16.4. The van der Waals surface area contributed by atoms with E-state index in [2.05, 4.69) is 20.9 Å². The van der Waals surface area contributed by atoms with Crippen LogP contribution in [0.5, 0.6) is 11.5 Å². The van der Waals surface area contributed by atoms with Crippen LogP contribution < -0.4 is 9.47 Å². The van der Waals surface area contributed by atoms with Gasteiger partial charge in [-0.05, 0) is 25.2 Å². The van der Waals surface area contributed by atoms with E-state index >= 15 is 0 Å². The molecular formula is C17H21N3O2S. The third kappa shape index (κ3) is 3.23. The smallest absolute Gasteiger partial charge is 0.196 e. The summed E-state index contributed by atoms with van der Waals surface area (Å²) in [5, 5.41) is 0. The van der Waals surface area contributed by atoms with Crippen LogP contribution in [0.4, 0.5) is 0 Å². The number of methoxy groups -OCH3 is 2. The second-order valence-electron chi connectivity index (χ2n) is 5.74. The minimum Gasteiger partial charge on any atom is -0.496 e. The highest BCUT2D eigenvalue weighted by Crippen LogP contribution is 2.32. The summed E-state index contributed by atoms with van der Waals surface area (Å²) in [7, 11) is 3.39. The van der Waals surface area contributed by atoms with Crippen molar-refractivity contribution in [3.8, 4) is 11.5 Å². The van der Waals surface area contributed by atoms with E-state index in [9.17, 15) is 0 Å². The molecule has 1 aliphatic heterocycles. The van der Waals surface area contributed by atoms with Crippen LogP contribution >= 0.6 is 12.2 Å². The van der Waals surface area contributed by atoms with Crippen molar-refractivity contribution in [2.45, 2.75) is 26.4 Å². The van der Waals surface area contributed by atoms with E-state index in [1.54, 1.807) is 14.2 Å². The van der Waals surface area contributed by atoms with Gasteiger partial charge in [0.2, 0.25) is 0 Å². The minimum atomic E-state index is 0.560. The number of hydrogen-bond donors (Lipinski definition) is 1. The van der Waals surface area contributed by atoms with Crippen LogP contribution in [-0.2, 0) is 19.5 Å². The van der Waals surface area contributed by atoms with E-state index in [1.807, 2.05) is 19.2 Å². The first-order chi connectivity index (χ1) is 11.1. The molecule has 1 N–H and O–H groups in total. The van der Waals surface area contributed by atoms with Crippen LogP contribution in [-0.4, -0.2) is 35.6 Å². The van der Waals surface area contributed by atoms with Crippen molar-refractivity contribution in [1.29, 1.82) is 0 Å². The van der Waals surface area contributed by atoms with E-state index in [-0.39, 0.29) is 0 Å². The molecule has 5 nitrogen and oxygen atoms in total. The normalized spacial score (nSPS) is 14.4. The van der Waals surface area contributed by atoms with Crippen LogP contribution in [0.25, 0.3) is 0 Å². The lowest BCUT2D eigenvalue weighted by Crippen LogP contribution is -2.31. The van der Waals surface area contributed by atoms with Crippen LogP contribution in [0.2, 0.25) is 0 Å². The highest BCUT2D eigenvalue weighted by molar-refractivity contribution is 7.71. The molecule has 0 saturated carbocycles. The van der Waals surface area contributed by atoms with Crippen LogP contribution in [0.15, 0.2) is 18.3 Å². The van der Waals surface area contributed by atoms with Crippen LogP contribution in [0, 0.1) is 11.7 Å². The Morgan fingerprint density at radius 2 is 2.13 bits per heavy atom. The highest BCUT2D eigenvalue weighted by Gasteiger charge is 2.19. The molecule has 2 heterocycles. The predicted octanol–water partition coefficient (Wildman–Crippen LogP) is 3.02. The average Bonchev–Trinajstić information content (AvgIpc) is 2.55. The molecule has 23 heavy (non-hydrogen) atoms. The van der Waals surface area contributed by atoms with Crippen molar-refractivity contribution in [2.75, 3.05) is 20.8 Å². The molecule has 0 radical (unpaired) electrons. The number of aromatic nitrogens is 2. The molecule has 2 aromatic rings. The molecule has 0 unspecified atom stereocenters. The van der Waals surface area contributed by atoms with Gasteiger partial charge in [0.15, 0.2) is 4.77 Å². The lowest BCUT2D eigenvalue weighted by Gasteiger charge is -2.29. The van der Waals surface area contributed by atoms with E-state index in [4.69, 9.17) is 21.7 Å². The van der Waals surface area contributed by atoms with Crippen molar-refractivity contribution < 1.29 is 9.47 Å². The Labute approximate surface area is 141 Å². The maximum Gasteiger partial charge on any atom is 0.196 e. The zero-order valence-electron chi connectivity index (χ0n) is 13.7. The fraction of sp³-hybridized carbons (Fsp3) is 0.412. The molecule has 1 aromatic carbocycles. The van der Waals surface area contributed by atoms with Gasteiger partial charge in [0.05, 0.1) is 14.2 Å². The molecule has 0 atom stereocenters. The Kier molecular flexibility index (Phi) is 4.63. The van der Waals surface area contributed by atoms with Gasteiger partial charge < -0.3 is 14.5 Å². The first-order valence-corrected chi connectivity index (χ1v) is 8.03. The van der Waals surface area contributed by atoms with Crippen LogP contribution in [0.3, 0.4) is 0 Å². The van der Waals surface area contributed by atoms with Crippen molar-refractivity contribution >= 4 is 12.2 Å². The fourth-order valence-electron chi connectivity index (χ4n) is 3.14. The lowest BCUT2D eigenvalue weighted by molar-refractivity contribution is 0.238. The van der Waals surface area contributed by atoms with Gasteiger partial charge in [-0.3, -0.25) is 4.90 Å². The number of hydrogen-bond acceptors (Lipinski definition) is 5. The molecule has 1 aliphatic rings. The summed E-state index contributed by atoms with van der Waals surface area (Å²) in [6, 6.07) is 4.08. The Morgan fingerprint density at radius 1 is 1.30 bits per heavy atom. The maximum atomic E-state index is 5.61. The molecule has 0 aliphatic carbocycles. The summed E-state index contributed by atoms with van der Waals surface area (Å²) in [6.07, 6.45) is 2.84. The predicted molar refractivity (Wildman–Crippen MR) is 91.5 cm³/mol. The summed E-state index contributed by atoms with van der Waals surface area (Å²) in [5.74, 6) is 1.76. The number of aromatic amines is 1. The monoisotopic (exact) mass is 331 g/mol. The van der Waals surface area contributed by atoms with Crippen molar-refractivity contribution in [3.05, 3.63) is 45.5 Å². The highest BCUT2D eigenvalue weighted by atomic mass is 32.1. The molecule has 1 aromatic heterocycles. The molecule has 0 saturated heterocycles. The Hall–Kier alpha value is -1.92. The Morgan fingerprint density at radius 3 is 2.87 bits per heavy atom. The lowest BCUT2D eigenvalue weighted by atomic mass is 10.0. The molecule has 0 spiro atoms. The van der Waals surface area contributed by atoms with Gasteiger partial charge in [-0.25, -0.2) is 4.98 Å². The van der Waals surface area contributed by atoms with E-state index in [0.29, 0.717) is 4.77 Å². The second-order valence-corrected chi connectivity index (χ2v) is 6.12. The van der Waals surface area contributed by atoms with Crippen molar-refractivity contribution in [3.63, 3.8) is 0 Å². The molecular weight excluding hydrogens is 310 g/mol. The summed E-state index contributed by atoms with van der Waals surface area (Å²) in [5.41, 5.74) is 4.63. The largest absolute Gasteiger partial charge is 0.496 e. The van der Waals surface area contributed by atoms with Gasteiger partial charge >= 0.3 is 0 Å². The standard InChI is InChI=1S/C17H21N3O2S/c1-11-15(21-2)5-4-12(16(11)22-3)9-20-7-6-14-13(10-20)8-18-17(23)19-14/h4-5,8H,6-7,9-10H2,1-3H3,(H,18,19,23). The minimum absolute atomic E-state index is 0.560. The molecule has 6 heteroatoms. The fourth-order valence-corrected chi connectivity index (χ4v) is 3.32. The van der Waals surface area contributed by atoms with Gasteiger partial charge in [-0.2, -0.15) is 0 Å².